The van der Waals surface area contributed by atoms with E-state index in [1.54, 1.807) is 6.34 Å². The molecule has 2 N–H and O–H groups in total. The molecule has 0 aliphatic carbocycles. The number of aromatic nitrogens is 1. The van der Waals surface area contributed by atoms with E-state index in [2.05, 4.69) is 63.8 Å². The van der Waals surface area contributed by atoms with Gasteiger partial charge in [-0.1, -0.05) is 42.5 Å². The molecule has 2 heterocycles. The smallest absolute Gasteiger partial charge is 0.113 e. The number of rotatable bonds is 3. The van der Waals surface area contributed by atoms with Crippen molar-refractivity contribution in [1.82, 2.24) is 4.98 Å². The highest BCUT2D eigenvalue weighted by Crippen LogP contribution is 2.23. The van der Waals surface area contributed by atoms with Gasteiger partial charge in [-0.3, -0.25) is 4.99 Å². The van der Waals surface area contributed by atoms with E-state index in [0.717, 1.165) is 25.2 Å². The number of aryl methyl sites for hydroxylation is 2. The van der Waals surface area contributed by atoms with Crippen LogP contribution in [-0.2, 0) is 19.4 Å². The lowest BCUT2D eigenvalue weighted by Crippen LogP contribution is -2.03. The fraction of sp³-hybridized carbons (Fsp3) is 0.167. The van der Waals surface area contributed by atoms with Gasteiger partial charge in [0.1, 0.15) is 5.82 Å². The van der Waals surface area contributed by atoms with Crippen molar-refractivity contribution in [3.63, 3.8) is 0 Å². The van der Waals surface area contributed by atoms with Crippen molar-refractivity contribution >= 4 is 22.9 Å². The minimum absolute atomic E-state index is 0.771. The highest BCUT2D eigenvalue weighted by molar-refractivity contribution is 5.85. The standard InChI is InChI=1S/C18H17N3/c1-2-7-17-13(4-1)5-3-6-14(17)8-9-16-10-15-11-19-12-20-18(15)21-16/h1-7,10,12,21H,8-9,11H2,(H,19,20). The predicted octanol–water partition coefficient (Wildman–Crippen LogP) is 3.91. The van der Waals surface area contributed by atoms with Crippen molar-refractivity contribution in [2.24, 2.45) is 4.99 Å². The molecule has 104 valence electrons. The van der Waals surface area contributed by atoms with Gasteiger partial charge in [-0.05, 0) is 35.2 Å². The largest absolute Gasteiger partial charge is 0.345 e. The number of nitrogens with one attached hydrogen (secondary N) is 2. The van der Waals surface area contributed by atoms with E-state index in [4.69, 9.17) is 0 Å². The van der Waals surface area contributed by atoms with Crippen molar-refractivity contribution in [2.45, 2.75) is 19.4 Å². The molecule has 3 aromatic rings. The summed E-state index contributed by atoms with van der Waals surface area (Å²) in [4.78, 5) is 7.68. The Morgan fingerprint density at radius 1 is 1.00 bits per heavy atom. The van der Waals surface area contributed by atoms with Crippen molar-refractivity contribution in [3.05, 3.63) is 65.4 Å². The molecule has 0 fully saturated rings. The summed E-state index contributed by atoms with van der Waals surface area (Å²) < 4.78 is 0. The molecule has 21 heavy (non-hydrogen) atoms. The summed E-state index contributed by atoms with van der Waals surface area (Å²) in [6.45, 7) is 0.771. The maximum absolute atomic E-state index is 4.23. The third-order valence-corrected chi connectivity index (χ3v) is 4.06. The lowest BCUT2D eigenvalue weighted by atomic mass is 10.0. The second kappa shape index (κ2) is 5.09. The minimum atomic E-state index is 0.771. The van der Waals surface area contributed by atoms with Crippen LogP contribution in [-0.4, -0.2) is 11.3 Å². The van der Waals surface area contributed by atoms with E-state index in [1.807, 2.05) is 0 Å². The van der Waals surface area contributed by atoms with Gasteiger partial charge in [-0.2, -0.15) is 0 Å². The zero-order chi connectivity index (χ0) is 14.1. The summed E-state index contributed by atoms with van der Waals surface area (Å²) in [5, 5.41) is 5.84. The Bertz CT molecular complexity index is 783. The van der Waals surface area contributed by atoms with Gasteiger partial charge in [0.15, 0.2) is 0 Å². The average Bonchev–Trinajstić information content (AvgIpc) is 2.96. The lowest BCUT2D eigenvalue weighted by Gasteiger charge is -2.06. The molecule has 0 unspecified atom stereocenters. The molecule has 0 saturated heterocycles. The van der Waals surface area contributed by atoms with E-state index in [-0.39, 0.29) is 0 Å². The quantitative estimate of drug-likeness (QED) is 0.747. The van der Waals surface area contributed by atoms with Gasteiger partial charge in [-0.25, -0.2) is 0 Å². The molecular formula is C18H17N3. The van der Waals surface area contributed by atoms with Crippen LogP contribution in [0.2, 0.25) is 0 Å². The number of hydrogen-bond donors (Lipinski definition) is 2. The van der Waals surface area contributed by atoms with E-state index in [0.29, 0.717) is 0 Å². The monoisotopic (exact) mass is 275 g/mol. The minimum Gasteiger partial charge on any atom is -0.345 e. The Balaban J connectivity index is 1.57. The molecule has 2 aromatic carbocycles. The average molecular weight is 275 g/mol. The van der Waals surface area contributed by atoms with Gasteiger partial charge >= 0.3 is 0 Å². The molecule has 0 radical (unpaired) electrons. The first-order valence-corrected chi connectivity index (χ1v) is 7.32. The lowest BCUT2D eigenvalue weighted by molar-refractivity contribution is 0.934. The summed E-state index contributed by atoms with van der Waals surface area (Å²) >= 11 is 0. The van der Waals surface area contributed by atoms with Crippen molar-refractivity contribution in [3.8, 4) is 0 Å². The molecule has 4 rings (SSSR count). The third-order valence-electron chi connectivity index (χ3n) is 4.06. The molecule has 0 spiro atoms. The van der Waals surface area contributed by atoms with Crippen molar-refractivity contribution in [1.29, 1.82) is 0 Å². The van der Waals surface area contributed by atoms with Crippen LogP contribution in [0.25, 0.3) is 10.8 Å². The summed E-state index contributed by atoms with van der Waals surface area (Å²) in [7, 11) is 0. The van der Waals surface area contributed by atoms with Gasteiger partial charge in [0.25, 0.3) is 0 Å². The fourth-order valence-electron chi connectivity index (χ4n) is 2.98. The Morgan fingerprint density at radius 3 is 2.86 bits per heavy atom. The number of anilines is 1. The Hall–Kier alpha value is -2.55. The third kappa shape index (κ3) is 2.31. The first kappa shape index (κ1) is 12.2. The van der Waals surface area contributed by atoms with Gasteiger partial charge in [-0.15, -0.1) is 0 Å². The summed E-state index contributed by atoms with van der Waals surface area (Å²) in [6, 6.07) is 17.4. The molecule has 1 aromatic heterocycles. The Kier molecular flexibility index (Phi) is 2.96. The molecule has 0 bridgehead atoms. The van der Waals surface area contributed by atoms with Crippen LogP contribution in [0.1, 0.15) is 16.8 Å². The highest BCUT2D eigenvalue weighted by Gasteiger charge is 2.10. The normalized spacial score (nSPS) is 13.1. The topological polar surface area (TPSA) is 40.2 Å². The summed E-state index contributed by atoms with van der Waals surface area (Å²) in [5.74, 6) is 1.10. The summed E-state index contributed by atoms with van der Waals surface area (Å²) in [5.41, 5.74) is 3.93. The molecule has 0 amide bonds. The molecule has 0 saturated carbocycles. The zero-order valence-corrected chi connectivity index (χ0v) is 11.8. The van der Waals surface area contributed by atoms with E-state index in [9.17, 15) is 0 Å². The Labute approximate surface area is 123 Å². The first-order chi connectivity index (χ1) is 10.4. The first-order valence-electron chi connectivity index (χ1n) is 7.32. The number of benzene rings is 2. The SMILES string of the molecule is C1=NCc2cc(CCc3cccc4ccccc34)[nH]c2N1. The zero-order valence-electron chi connectivity index (χ0n) is 11.8. The molecule has 0 atom stereocenters. The predicted molar refractivity (Wildman–Crippen MR) is 88.0 cm³/mol. The summed E-state index contributed by atoms with van der Waals surface area (Å²) in [6.07, 6.45) is 3.82. The van der Waals surface area contributed by atoms with Crippen LogP contribution in [0.5, 0.6) is 0 Å². The van der Waals surface area contributed by atoms with Crippen LogP contribution in [0.4, 0.5) is 5.82 Å². The van der Waals surface area contributed by atoms with Crippen molar-refractivity contribution in [2.75, 3.05) is 5.32 Å². The van der Waals surface area contributed by atoms with Gasteiger partial charge in [0, 0.05) is 11.3 Å². The molecule has 3 nitrogen and oxygen atoms in total. The number of fused-ring (bicyclic) bond motifs is 2. The van der Waals surface area contributed by atoms with Crippen molar-refractivity contribution < 1.29 is 0 Å². The second-order valence-corrected chi connectivity index (χ2v) is 5.45. The molecule has 1 aliphatic rings. The maximum Gasteiger partial charge on any atom is 0.113 e. The van der Waals surface area contributed by atoms with E-state index >= 15 is 0 Å². The van der Waals surface area contributed by atoms with Gasteiger partial charge < -0.3 is 10.3 Å². The van der Waals surface area contributed by atoms with Crippen LogP contribution in [0, 0.1) is 0 Å². The van der Waals surface area contributed by atoms with E-state index < -0.39 is 0 Å². The van der Waals surface area contributed by atoms with Crippen LogP contribution < -0.4 is 5.32 Å². The number of aliphatic imine (C=N–C) groups is 1. The van der Waals surface area contributed by atoms with Crippen LogP contribution in [0.3, 0.4) is 0 Å². The highest BCUT2D eigenvalue weighted by atomic mass is 15.1. The number of H-pyrrole nitrogens is 1. The van der Waals surface area contributed by atoms with Gasteiger partial charge in [0.2, 0.25) is 0 Å². The molecule has 3 heteroatoms. The molecular weight excluding hydrogens is 258 g/mol. The number of nitrogens with zero attached hydrogens (tertiary/aromatic N) is 1. The van der Waals surface area contributed by atoms with E-state index in [1.165, 1.54) is 27.6 Å². The number of aromatic amines is 1. The fourth-order valence-corrected chi connectivity index (χ4v) is 2.98. The maximum atomic E-state index is 4.23. The number of hydrogen-bond acceptors (Lipinski definition) is 2. The van der Waals surface area contributed by atoms with Gasteiger partial charge in [0.05, 0.1) is 12.9 Å². The second-order valence-electron chi connectivity index (χ2n) is 5.45. The van der Waals surface area contributed by atoms with Crippen LogP contribution in [0.15, 0.2) is 53.5 Å². The van der Waals surface area contributed by atoms with Crippen LogP contribution >= 0.6 is 0 Å². The molecule has 1 aliphatic heterocycles. The Morgan fingerprint density at radius 2 is 1.90 bits per heavy atom.